The Bertz CT molecular complexity index is 992. The molecule has 2 atom stereocenters. The molecule has 0 aliphatic carbocycles. The fraction of sp³-hybridized carbons (Fsp3) is 0.412. The third kappa shape index (κ3) is 3.76. The van der Waals surface area contributed by atoms with Gasteiger partial charge in [0.05, 0.1) is 12.4 Å². The van der Waals surface area contributed by atoms with Gasteiger partial charge in [0, 0.05) is 31.4 Å². The van der Waals surface area contributed by atoms with Crippen molar-refractivity contribution in [2.24, 2.45) is 5.92 Å². The second-order valence-electron chi connectivity index (χ2n) is 6.75. The Morgan fingerprint density at radius 2 is 2.07 bits per heavy atom. The van der Waals surface area contributed by atoms with Crippen molar-refractivity contribution >= 4 is 22.6 Å². The van der Waals surface area contributed by atoms with Crippen molar-refractivity contribution in [2.45, 2.75) is 12.6 Å². The number of nitrogens with zero attached hydrogens (tertiary/aromatic N) is 6. The van der Waals surface area contributed by atoms with Crippen molar-refractivity contribution in [3.63, 3.8) is 0 Å². The van der Waals surface area contributed by atoms with E-state index in [9.17, 15) is 17.7 Å². The lowest BCUT2D eigenvalue weighted by molar-refractivity contribution is -0.141. The molecule has 4 rings (SSSR count). The molecule has 0 bridgehead atoms. The maximum absolute atomic E-state index is 13.0. The maximum Gasteiger partial charge on any atom is 0.434 e. The van der Waals surface area contributed by atoms with E-state index in [0.29, 0.717) is 23.3 Å². The first-order chi connectivity index (χ1) is 13.3. The molecule has 0 aromatic carbocycles. The van der Waals surface area contributed by atoms with Gasteiger partial charge in [0.2, 0.25) is 0 Å². The summed E-state index contributed by atoms with van der Waals surface area (Å²) in [7, 11) is 0. The number of alkyl halides is 3. The smallest absolute Gasteiger partial charge is 0.356 e. The Balaban J connectivity index is 1.65. The molecule has 1 N–H and O–H groups in total. The molecule has 0 spiro atoms. The zero-order chi connectivity index (χ0) is 19.9. The van der Waals surface area contributed by atoms with E-state index in [1.165, 1.54) is 10.6 Å². The van der Waals surface area contributed by atoms with Gasteiger partial charge >= 0.3 is 6.18 Å². The van der Waals surface area contributed by atoms with Crippen LogP contribution in [0.15, 0.2) is 30.9 Å². The Kier molecular flexibility index (Phi) is 4.88. The number of aromatic nitrogens is 5. The first-order valence-electron chi connectivity index (χ1n) is 8.61. The summed E-state index contributed by atoms with van der Waals surface area (Å²) >= 11 is -0.600. The fourth-order valence-corrected chi connectivity index (χ4v) is 4.32. The highest BCUT2D eigenvalue weighted by Crippen LogP contribution is 2.29. The maximum atomic E-state index is 13.0. The molecule has 1 aliphatic rings. The number of rotatable bonds is 4. The van der Waals surface area contributed by atoms with Gasteiger partial charge in [-0.2, -0.15) is 17.7 Å². The van der Waals surface area contributed by atoms with Crippen molar-refractivity contribution in [2.75, 3.05) is 30.0 Å². The van der Waals surface area contributed by atoms with Crippen LogP contribution < -0.4 is 4.90 Å². The minimum absolute atomic E-state index is 0.288. The van der Waals surface area contributed by atoms with Crippen LogP contribution >= 0.6 is 0 Å². The average molecular weight is 411 g/mol. The summed E-state index contributed by atoms with van der Waals surface area (Å²) in [5.41, 5.74) is -0.348. The van der Waals surface area contributed by atoms with Crippen LogP contribution in [0.1, 0.15) is 12.1 Å². The Morgan fingerprint density at radius 1 is 1.25 bits per heavy atom. The molecule has 1 aliphatic heterocycles. The number of imidazole rings is 1. The third-order valence-electron chi connectivity index (χ3n) is 4.64. The van der Waals surface area contributed by atoms with E-state index in [2.05, 4.69) is 24.8 Å². The van der Waals surface area contributed by atoms with Crippen molar-refractivity contribution < 1.29 is 17.7 Å². The first kappa shape index (κ1) is 18.9. The van der Waals surface area contributed by atoms with Crippen LogP contribution in [-0.4, -0.2) is 54.0 Å². The van der Waals surface area contributed by atoms with Crippen LogP contribution in [0.4, 0.5) is 19.0 Å². The van der Waals surface area contributed by atoms with Crippen molar-refractivity contribution in [1.82, 2.24) is 24.3 Å². The molecule has 2 unspecified atom stereocenters. The molecule has 3 aromatic rings. The van der Waals surface area contributed by atoms with E-state index in [-0.39, 0.29) is 5.65 Å². The lowest BCUT2D eigenvalue weighted by Gasteiger charge is -2.17. The number of halogens is 3. The van der Waals surface area contributed by atoms with Gasteiger partial charge in [0.25, 0.3) is 0 Å². The highest BCUT2D eigenvalue weighted by molar-refractivity contribution is 7.90. The summed E-state index contributed by atoms with van der Waals surface area (Å²) in [6, 6.07) is 1.78. The standard InChI is InChI=1S/C17H18F3N6OS/c1-28(27)10-11-3-5-25(8-11)14-2-4-21-16(24-14)12-6-23-15-7-22-13(9-26(12)15)17(18,19)20/h2,4,6-7,9,11,27H,3,5,8,10H2,1H3/q+1. The van der Waals surface area contributed by atoms with Gasteiger partial charge < -0.3 is 4.90 Å². The molecule has 4 heterocycles. The van der Waals surface area contributed by atoms with Crippen LogP contribution in [0.2, 0.25) is 0 Å². The summed E-state index contributed by atoms with van der Waals surface area (Å²) in [6.07, 6.45) is 3.24. The lowest BCUT2D eigenvalue weighted by atomic mass is 10.2. The van der Waals surface area contributed by atoms with E-state index in [1.807, 2.05) is 0 Å². The van der Waals surface area contributed by atoms with Gasteiger partial charge in [-0.1, -0.05) is 0 Å². The second-order valence-corrected chi connectivity index (χ2v) is 8.28. The molecule has 1 saturated heterocycles. The SMILES string of the molecule is C[S+](O)CC1CCN(c2ccnc(-c3cnc4cnc(C(F)(F)F)cn34)n2)C1. The molecule has 0 amide bonds. The van der Waals surface area contributed by atoms with E-state index >= 15 is 0 Å². The summed E-state index contributed by atoms with van der Waals surface area (Å²) in [5, 5.41) is 0. The Hall–Kier alpha value is -2.40. The average Bonchev–Trinajstić information content (AvgIpc) is 3.27. The van der Waals surface area contributed by atoms with Gasteiger partial charge in [0.15, 0.2) is 17.2 Å². The zero-order valence-corrected chi connectivity index (χ0v) is 15.8. The molecule has 148 valence electrons. The molecule has 11 heteroatoms. The third-order valence-corrected chi connectivity index (χ3v) is 5.60. The van der Waals surface area contributed by atoms with Crippen molar-refractivity contribution in [1.29, 1.82) is 0 Å². The first-order valence-corrected chi connectivity index (χ1v) is 10.4. The van der Waals surface area contributed by atoms with E-state index in [4.69, 9.17) is 0 Å². The minimum Gasteiger partial charge on any atom is -0.356 e. The minimum atomic E-state index is -4.55. The molecular formula is C17H18F3N6OS+. The monoisotopic (exact) mass is 411 g/mol. The number of hydrogen-bond donors (Lipinski definition) is 1. The van der Waals surface area contributed by atoms with Gasteiger partial charge in [0.1, 0.15) is 34.7 Å². The molecule has 3 aromatic heterocycles. The van der Waals surface area contributed by atoms with Crippen LogP contribution in [0.25, 0.3) is 17.2 Å². The Labute approximate surface area is 161 Å². The summed E-state index contributed by atoms with van der Waals surface area (Å²) in [6.45, 7) is 1.59. The molecule has 1 fully saturated rings. The number of fused-ring (bicyclic) bond motifs is 1. The van der Waals surface area contributed by atoms with Gasteiger partial charge in [-0.05, 0) is 12.5 Å². The van der Waals surface area contributed by atoms with Gasteiger partial charge in [-0.3, -0.25) is 4.40 Å². The van der Waals surface area contributed by atoms with Gasteiger partial charge in [-0.15, -0.1) is 0 Å². The van der Waals surface area contributed by atoms with E-state index < -0.39 is 23.0 Å². The van der Waals surface area contributed by atoms with Crippen LogP contribution in [0.3, 0.4) is 0 Å². The number of hydrogen-bond acceptors (Lipinski definition) is 6. The molecule has 28 heavy (non-hydrogen) atoms. The topological polar surface area (TPSA) is 79.4 Å². The predicted molar refractivity (Wildman–Crippen MR) is 100 cm³/mol. The Morgan fingerprint density at radius 3 is 2.82 bits per heavy atom. The molecule has 0 radical (unpaired) electrons. The molecule has 7 nitrogen and oxygen atoms in total. The lowest BCUT2D eigenvalue weighted by Crippen LogP contribution is -2.23. The van der Waals surface area contributed by atoms with Crippen molar-refractivity contribution in [3.05, 3.63) is 36.5 Å². The normalized spacial score (nSPS) is 18.8. The quantitative estimate of drug-likeness (QED) is 0.665. The molecule has 0 saturated carbocycles. The summed E-state index contributed by atoms with van der Waals surface area (Å²) < 4.78 is 49.9. The summed E-state index contributed by atoms with van der Waals surface area (Å²) in [4.78, 5) is 18.4. The number of anilines is 1. The highest BCUT2D eigenvalue weighted by Gasteiger charge is 2.33. The highest BCUT2D eigenvalue weighted by atomic mass is 32.2. The van der Waals surface area contributed by atoms with Crippen LogP contribution in [0, 0.1) is 5.92 Å². The largest absolute Gasteiger partial charge is 0.434 e. The van der Waals surface area contributed by atoms with Crippen molar-refractivity contribution in [3.8, 4) is 11.5 Å². The van der Waals surface area contributed by atoms with Gasteiger partial charge in [-0.25, -0.2) is 19.9 Å². The zero-order valence-electron chi connectivity index (χ0n) is 15.0. The second kappa shape index (κ2) is 7.21. The molecular weight excluding hydrogens is 393 g/mol. The van der Waals surface area contributed by atoms with E-state index in [1.54, 1.807) is 18.5 Å². The van der Waals surface area contributed by atoms with E-state index in [0.717, 1.165) is 37.7 Å². The van der Waals surface area contributed by atoms with Crippen LogP contribution in [0.5, 0.6) is 0 Å². The summed E-state index contributed by atoms with van der Waals surface area (Å²) in [5.74, 6) is 2.16. The van der Waals surface area contributed by atoms with Crippen LogP contribution in [-0.2, 0) is 17.4 Å². The predicted octanol–water partition coefficient (Wildman–Crippen LogP) is 2.75. The fourth-order valence-electron chi connectivity index (χ4n) is 3.37.